The van der Waals surface area contributed by atoms with Gasteiger partial charge < -0.3 is 4.52 Å². The molecule has 0 aliphatic rings. The molecular weight excluding hydrogens is 170 g/mol. The van der Waals surface area contributed by atoms with Crippen LogP contribution in [0, 0.1) is 0 Å². The SMILES string of the molecule is C=CCO[PH2]=O.Cl.Cl. The minimum Gasteiger partial charge on any atom is -0.328 e. The second-order valence-electron chi connectivity index (χ2n) is 0.718. The summed E-state index contributed by atoms with van der Waals surface area (Å²) in [6.07, 6.45) is 1.56. The Hall–Kier alpha value is 0.510. The maximum Gasteiger partial charge on any atom is 0.180 e. The smallest absolute Gasteiger partial charge is 0.180 e. The summed E-state index contributed by atoms with van der Waals surface area (Å²) in [5.41, 5.74) is 0. The molecule has 0 amide bonds. The maximum atomic E-state index is 9.50. The molecule has 5 heteroatoms. The van der Waals surface area contributed by atoms with Crippen LogP contribution in [-0.4, -0.2) is 6.61 Å². The molecule has 1 atom stereocenters. The minimum absolute atomic E-state index is 0. The van der Waals surface area contributed by atoms with Gasteiger partial charge in [0, 0.05) is 0 Å². The fourth-order valence-electron chi connectivity index (χ4n) is 0.107. The van der Waals surface area contributed by atoms with Gasteiger partial charge in [0.05, 0.1) is 6.61 Å². The van der Waals surface area contributed by atoms with Crippen molar-refractivity contribution in [1.82, 2.24) is 0 Å². The fraction of sp³-hybridized carbons (Fsp3) is 0.333. The molecule has 0 rings (SSSR count). The molecule has 0 bridgehead atoms. The van der Waals surface area contributed by atoms with Crippen LogP contribution in [0.5, 0.6) is 0 Å². The zero-order valence-electron chi connectivity index (χ0n) is 4.20. The average molecular weight is 179 g/mol. The van der Waals surface area contributed by atoms with Crippen LogP contribution in [0.2, 0.25) is 0 Å². The molecule has 0 aromatic heterocycles. The lowest BCUT2D eigenvalue weighted by Gasteiger charge is -1.79. The Balaban J connectivity index is -0.000000125. The van der Waals surface area contributed by atoms with Gasteiger partial charge in [0.15, 0.2) is 8.69 Å². The molecule has 0 N–H and O–H groups in total. The van der Waals surface area contributed by atoms with Crippen LogP contribution in [-0.2, 0) is 9.09 Å². The van der Waals surface area contributed by atoms with Crippen LogP contribution in [0.4, 0.5) is 0 Å². The first-order chi connectivity index (χ1) is 2.91. The van der Waals surface area contributed by atoms with Gasteiger partial charge in [-0.15, -0.1) is 31.4 Å². The molecule has 0 heterocycles. The minimum atomic E-state index is -1.04. The van der Waals surface area contributed by atoms with Gasteiger partial charge in [-0.1, -0.05) is 6.08 Å². The molecule has 0 aromatic carbocycles. The van der Waals surface area contributed by atoms with E-state index in [4.69, 9.17) is 0 Å². The molecular formula is C3H9Cl2O2P. The van der Waals surface area contributed by atoms with Gasteiger partial charge in [0.25, 0.3) is 0 Å². The maximum absolute atomic E-state index is 9.50. The van der Waals surface area contributed by atoms with Crippen molar-refractivity contribution < 1.29 is 9.09 Å². The van der Waals surface area contributed by atoms with E-state index < -0.39 is 8.69 Å². The first-order valence-corrected chi connectivity index (χ1v) is 2.52. The van der Waals surface area contributed by atoms with E-state index in [1.807, 2.05) is 0 Å². The highest BCUT2D eigenvalue weighted by atomic mass is 35.5. The standard InChI is InChI=1S/C3H7O2P.2ClH/c1-2-3-5-6-4;;/h2H,1,3,6H2;2*1H. The summed E-state index contributed by atoms with van der Waals surface area (Å²) >= 11 is 0. The van der Waals surface area contributed by atoms with Crippen LogP contribution >= 0.6 is 33.5 Å². The molecule has 0 aliphatic heterocycles. The largest absolute Gasteiger partial charge is 0.328 e. The first-order valence-electron chi connectivity index (χ1n) is 1.58. The Kier molecular flexibility index (Phi) is 30.9. The molecule has 0 fully saturated rings. The Labute approximate surface area is 62.4 Å². The van der Waals surface area contributed by atoms with E-state index in [-0.39, 0.29) is 24.8 Å². The van der Waals surface area contributed by atoms with Crippen molar-refractivity contribution in [2.75, 3.05) is 6.61 Å². The fourth-order valence-corrected chi connectivity index (χ4v) is 0.322. The summed E-state index contributed by atoms with van der Waals surface area (Å²) in [5, 5.41) is 0. The van der Waals surface area contributed by atoms with E-state index in [2.05, 4.69) is 11.1 Å². The van der Waals surface area contributed by atoms with Gasteiger partial charge in [-0.25, -0.2) is 0 Å². The molecule has 0 radical (unpaired) electrons. The predicted octanol–water partition coefficient (Wildman–Crippen LogP) is 1.70. The van der Waals surface area contributed by atoms with Crippen molar-refractivity contribution in [2.24, 2.45) is 0 Å². The third-order valence-corrected chi connectivity index (χ3v) is 0.611. The van der Waals surface area contributed by atoms with Crippen LogP contribution in [0.15, 0.2) is 12.7 Å². The highest BCUT2D eigenvalue weighted by Crippen LogP contribution is 1.90. The second-order valence-corrected chi connectivity index (χ2v) is 1.24. The normalized spacial score (nSPS) is 7.50. The summed E-state index contributed by atoms with van der Waals surface area (Å²) in [6.45, 7) is 3.75. The zero-order chi connectivity index (χ0) is 4.83. The highest BCUT2D eigenvalue weighted by Gasteiger charge is 1.65. The molecule has 0 saturated carbocycles. The topological polar surface area (TPSA) is 26.3 Å². The third-order valence-electron chi connectivity index (χ3n) is 0.282. The van der Waals surface area contributed by atoms with E-state index in [0.717, 1.165) is 0 Å². The summed E-state index contributed by atoms with van der Waals surface area (Å²) in [4.78, 5) is 0. The Bertz CT molecular complexity index is 51.2. The third kappa shape index (κ3) is 16.0. The monoisotopic (exact) mass is 178 g/mol. The van der Waals surface area contributed by atoms with E-state index in [1.165, 1.54) is 0 Å². The van der Waals surface area contributed by atoms with Crippen LogP contribution < -0.4 is 0 Å². The Morgan fingerprint density at radius 2 is 2.12 bits per heavy atom. The van der Waals surface area contributed by atoms with Gasteiger partial charge in [-0.05, 0) is 0 Å². The summed E-state index contributed by atoms with van der Waals surface area (Å²) < 4.78 is 13.9. The van der Waals surface area contributed by atoms with Crippen molar-refractivity contribution in [3.63, 3.8) is 0 Å². The molecule has 0 aliphatic carbocycles. The van der Waals surface area contributed by atoms with E-state index in [9.17, 15) is 4.57 Å². The van der Waals surface area contributed by atoms with E-state index >= 15 is 0 Å². The number of hydrogen-bond donors (Lipinski definition) is 0. The van der Waals surface area contributed by atoms with Gasteiger partial charge in [0.1, 0.15) is 0 Å². The average Bonchev–Trinajstić information content (AvgIpc) is 1.61. The lowest BCUT2D eigenvalue weighted by Crippen LogP contribution is -1.69. The molecule has 8 heavy (non-hydrogen) atoms. The van der Waals surface area contributed by atoms with Crippen LogP contribution in [0.25, 0.3) is 0 Å². The molecule has 0 aromatic rings. The summed E-state index contributed by atoms with van der Waals surface area (Å²) in [6, 6.07) is 0. The summed E-state index contributed by atoms with van der Waals surface area (Å²) in [7, 11) is -1.04. The van der Waals surface area contributed by atoms with Gasteiger partial charge in [0.2, 0.25) is 0 Å². The molecule has 52 valence electrons. The van der Waals surface area contributed by atoms with Gasteiger partial charge in [-0.3, -0.25) is 4.57 Å². The van der Waals surface area contributed by atoms with Crippen molar-refractivity contribution in [3.8, 4) is 0 Å². The lowest BCUT2D eigenvalue weighted by molar-refractivity contribution is 0.387. The van der Waals surface area contributed by atoms with Crippen molar-refractivity contribution in [2.45, 2.75) is 0 Å². The Morgan fingerprint density at radius 3 is 2.25 bits per heavy atom. The Morgan fingerprint density at radius 1 is 1.62 bits per heavy atom. The molecule has 0 spiro atoms. The van der Waals surface area contributed by atoms with Crippen molar-refractivity contribution >= 4 is 33.5 Å². The number of rotatable bonds is 3. The summed E-state index contributed by atoms with van der Waals surface area (Å²) in [5.74, 6) is 0. The van der Waals surface area contributed by atoms with Gasteiger partial charge in [-0.2, -0.15) is 0 Å². The van der Waals surface area contributed by atoms with Crippen LogP contribution in [0.1, 0.15) is 0 Å². The highest BCUT2D eigenvalue weighted by molar-refractivity contribution is 7.17. The second kappa shape index (κ2) is 15.6. The van der Waals surface area contributed by atoms with E-state index in [1.54, 1.807) is 6.08 Å². The zero-order valence-corrected chi connectivity index (χ0v) is 6.99. The van der Waals surface area contributed by atoms with Crippen molar-refractivity contribution in [1.29, 1.82) is 0 Å². The number of hydrogen-bond acceptors (Lipinski definition) is 2. The van der Waals surface area contributed by atoms with E-state index in [0.29, 0.717) is 6.61 Å². The predicted molar refractivity (Wildman–Crippen MR) is 41.0 cm³/mol. The molecule has 1 unspecified atom stereocenters. The quantitative estimate of drug-likeness (QED) is 0.374. The van der Waals surface area contributed by atoms with Crippen molar-refractivity contribution in [3.05, 3.63) is 12.7 Å². The van der Waals surface area contributed by atoms with Gasteiger partial charge >= 0.3 is 0 Å². The van der Waals surface area contributed by atoms with Crippen LogP contribution in [0.3, 0.4) is 0 Å². The lowest BCUT2D eigenvalue weighted by atomic mass is 10.7. The molecule has 0 saturated heterocycles. The number of halogens is 2. The molecule has 2 nitrogen and oxygen atoms in total. The first kappa shape index (κ1) is 15.8.